The van der Waals surface area contributed by atoms with Crippen LogP contribution in [0.15, 0.2) is 24.3 Å². The van der Waals surface area contributed by atoms with Gasteiger partial charge in [-0.15, -0.1) is 0 Å². The first-order valence-electron chi connectivity index (χ1n) is 9.81. The zero-order valence-electron chi connectivity index (χ0n) is 16.0. The molecule has 1 aromatic carbocycles. The lowest BCUT2D eigenvalue weighted by atomic mass is 9.96. The van der Waals surface area contributed by atoms with E-state index >= 15 is 0 Å². The predicted octanol–water partition coefficient (Wildman–Crippen LogP) is 3.21. The van der Waals surface area contributed by atoms with Crippen LogP contribution in [-0.2, 0) is 0 Å². The number of anilines is 1. The molecule has 0 aromatic heterocycles. The summed E-state index contributed by atoms with van der Waals surface area (Å²) in [5.41, 5.74) is 1.03. The van der Waals surface area contributed by atoms with E-state index in [1.54, 1.807) is 12.1 Å². The molecule has 1 saturated carbocycles. The number of likely N-dealkylation sites (N-methyl/N-ethyl adjacent to an activating group) is 1. The SMILES string of the molecule is CCN(CC)CCNC(=O)c1ccccc1NC(=O)NC1CCCCC1. The molecule has 0 radical (unpaired) electrons. The molecule has 0 aliphatic heterocycles. The Balaban J connectivity index is 1.89. The number of carbonyl (C=O) groups is 2. The molecule has 2 rings (SSSR count). The molecule has 0 heterocycles. The van der Waals surface area contributed by atoms with Crippen molar-refractivity contribution in [3.8, 4) is 0 Å². The van der Waals surface area contributed by atoms with Crippen LogP contribution >= 0.6 is 0 Å². The Morgan fingerprint density at radius 1 is 1.08 bits per heavy atom. The Labute approximate surface area is 156 Å². The van der Waals surface area contributed by atoms with E-state index in [0.29, 0.717) is 17.8 Å². The van der Waals surface area contributed by atoms with Crippen molar-refractivity contribution >= 4 is 17.6 Å². The van der Waals surface area contributed by atoms with Gasteiger partial charge in [0.05, 0.1) is 11.3 Å². The van der Waals surface area contributed by atoms with Crippen LogP contribution in [0.25, 0.3) is 0 Å². The van der Waals surface area contributed by atoms with Crippen LogP contribution in [0.2, 0.25) is 0 Å². The lowest BCUT2D eigenvalue weighted by Crippen LogP contribution is -2.39. The first-order chi connectivity index (χ1) is 12.6. The zero-order chi connectivity index (χ0) is 18.8. The van der Waals surface area contributed by atoms with E-state index < -0.39 is 0 Å². The van der Waals surface area contributed by atoms with Gasteiger partial charge in [-0.1, -0.05) is 45.2 Å². The first kappa shape index (κ1) is 20.2. The number of hydrogen-bond donors (Lipinski definition) is 3. The van der Waals surface area contributed by atoms with Crippen molar-refractivity contribution in [2.75, 3.05) is 31.5 Å². The molecule has 0 spiro atoms. The third-order valence-corrected chi connectivity index (χ3v) is 4.97. The second-order valence-electron chi connectivity index (χ2n) is 6.76. The Hall–Kier alpha value is -2.08. The van der Waals surface area contributed by atoms with Crippen molar-refractivity contribution in [1.82, 2.24) is 15.5 Å². The van der Waals surface area contributed by atoms with Crippen LogP contribution in [-0.4, -0.2) is 49.1 Å². The molecule has 0 bridgehead atoms. The number of amides is 3. The quantitative estimate of drug-likeness (QED) is 0.666. The van der Waals surface area contributed by atoms with Crippen LogP contribution < -0.4 is 16.0 Å². The Morgan fingerprint density at radius 3 is 2.46 bits per heavy atom. The van der Waals surface area contributed by atoms with Gasteiger partial charge in [-0.05, 0) is 38.1 Å². The van der Waals surface area contributed by atoms with Crippen LogP contribution in [0.5, 0.6) is 0 Å². The molecule has 1 aliphatic carbocycles. The standard InChI is InChI=1S/C20H32N4O2/c1-3-24(4-2)15-14-21-19(25)17-12-8-9-13-18(17)23-20(26)22-16-10-6-5-7-11-16/h8-9,12-13,16H,3-7,10-11,14-15H2,1-2H3,(H,21,25)(H2,22,23,26). The lowest BCUT2D eigenvalue weighted by molar-refractivity contribution is 0.0950. The summed E-state index contributed by atoms with van der Waals surface area (Å²) >= 11 is 0. The molecule has 1 aromatic rings. The molecule has 3 amide bonds. The fourth-order valence-electron chi connectivity index (χ4n) is 3.34. The van der Waals surface area contributed by atoms with Gasteiger partial charge in [-0.2, -0.15) is 0 Å². The Morgan fingerprint density at radius 2 is 1.77 bits per heavy atom. The summed E-state index contributed by atoms with van der Waals surface area (Å²) in [4.78, 5) is 27.0. The zero-order valence-corrected chi connectivity index (χ0v) is 16.0. The molecule has 0 atom stereocenters. The molecule has 1 fully saturated rings. The van der Waals surface area contributed by atoms with E-state index in [9.17, 15) is 9.59 Å². The molecule has 1 aliphatic rings. The third-order valence-electron chi connectivity index (χ3n) is 4.97. The number of carbonyl (C=O) groups excluding carboxylic acids is 2. The molecule has 26 heavy (non-hydrogen) atoms. The second kappa shape index (κ2) is 10.8. The van der Waals surface area contributed by atoms with Crippen LogP contribution in [0.4, 0.5) is 10.5 Å². The van der Waals surface area contributed by atoms with Gasteiger partial charge in [0, 0.05) is 19.1 Å². The summed E-state index contributed by atoms with van der Waals surface area (Å²) < 4.78 is 0. The first-order valence-corrected chi connectivity index (χ1v) is 9.81. The van der Waals surface area contributed by atoms with E-state index in [4.69, 9.17) is 0 Å². The summed E-state index contributed by atoms with van der Waals surface area (Å²) in [5, 5.41) is 8.80. The van der Waals surface area contributed by atoms with Gasteiger partial charge in [0.25, 0.3) is 5.91 Å². The fraction of sp³-hybridized carbons (Fsp3) is 0.600. The Kier molecular flexibility index (Phi) is 8.41. The van der Waals surface area contributed by atoms with E-state index in [1.807, 2.05) is 12.1 Å². The number of nitrogens with one attached hydrogen (secondary N) is 3. The normalized spacial score (nSPS) is 14.9. The molecular weight excluding hydrogens is 328 g/mol. The third kappa shape index (κ3) is 6.33. The summed E-state index contributed by atoms with van der Waals surface area (Å²) in [6.07, 6.45) is 5.63. The number of nitrogens with zero attached hydrogens (tertiary/aromatic N) is 1. The largest absolute Gasteiger partial charge is 0.351 e. The van der Waals surface area contributed by atoms with Crippen LogP contribution in [0, 0.1) is 0 Å². The fourth-order valence-corrected chi connectivity index (χ4v) is 3.34. The van der Waals surface area contributed by atoms with Crippen molar-refractivity contribution in [3.63, 3.8) is 0 Å². The maximum atomic E-state index is 12.5. The van der Waals surface area contributed by atoms with Crippen molar-refractivity contribution in [2.45, 2.75) is 52.0 Å². The average Bonchev–Trinajstić information content (AvgIpc) is 2.66. The predicted molar refractivity (Wildman–Crippen MR) is 106 cm³/mol. The minimum atomic E-state index is -0.236. The molecule has 3 N–H and O–H groups in total. The average molecular weight is 361 g/mol. The molecule has 0 saturated heterocycles. The van der Waals surface area contributed by atoms with Gasteiger partial charge in [0.1, 0.15) is 0 Å². The minimum absolute atomic E-state index is 0.161. The van der Waals surface area contributed by atoms with E-state index in [1.165, 1.54) is 6.42 Å². The van der Waals surface area contributed by atoms with Gasteiger partial charge >= 0.3 is 6.03 Å². The highest BCUT2D eigenvalue weighted by Crippen LogP contribution is 2.18. The van der Waals surface area contributed by atoms with Gasteiger partial charge < -0.3 is 20.9 Å². The molecule has 0 unspecified atom stereocenters. The van der Waals surface area contributed by atoms with Crippen molar-refractivity contribution in [3.05, 3.63) is 29.8 Å². The highest BCUT2D eigenvalue weighted by atomic mass is 16.2. The van der Waals surface area contributed by atoms with Gasteiger partial charge in [-0.25, -0.2) is 4.79 Å². The van der Waals surface area contributed by atoms with Crippen molar-refractivity contribution in [1.29, 1.82) is 0 Å². The lowest BCUT2D eigenvalue weighted by Gasteiger charge is -2.23. The smallest absolute Gasteiger partial charge is 0.319 e. The van der Waals surface area contributed by atoms with E-state index in [0.717, 1.165) is 45.3 Å². The maximum Gasteiger partial charge on any atom is 0.319 e. The monoisotopic (exact) mass is 360 g/mol. The number of para-hydroxylation sites is 1. The van der Waals surface area contributed by atoms with E-state index in [-0.39, 0.29) is 18.0 Å². The highest BCUT2D eigenvalue weighted by molar-refractivity contribution is 6.03. The van der Waals surface area contributed by atoms with Crippen LogP contribution in [0.3, 0.4) is 0 Å². The molecule has 144 valence electrons. The van der Waals surface area contributed by atoms with Crippen molar-refractivity contribution < 1.29 is 9.59 Å². The summed E-state index contributed by atoms with van der Waals surface area (Å²) in [5.74, 6) is -0.161. The highest BCUT2D eigenvalue weighted by Gasteiger charge is 2.17. The van der Waals surface area contributed by atoms with Crippen molar-refractivity contribution in [2.24, 2.45) is 0 Å². The minimum Gasteiger partial charge on any atom is -0.351 e. The number of hydrogen-bond acceptors (Lipinski definition) is 3. The molecular formula is C20H32N4O2. The topological polar surface area (TPSA) is 73.5 Å². The number of benzene rings is 1. The number of urea groups is 1. The van der Waals surface area contributed by atoms with E-state index in [2.05, 4.69) is 34.7 Å². The van der Waals surface area contributed by atoms with Gasteiger partial charge in [-0.3, -0.25) is 4.79 Å². The second-order valence-corrected chi connectivity index (χ2v) is 6.76. The maximum absolute atomic E-state index is 12.5. The summed E-state index contributed by atoms with van der Waals surface area (Å²) in [6.45, 7) is 7.54. The molecule has 6 heteroatoms. The van der Waals surface area contributed by atoms with Gasteiger partial charge in [0.2, 0.25) is 0 Å². The number of rotatable bonds is 8. The van der Waals surface area contributed by atoms with Gasteiger partial charge in [0.15, 0.2) is 0 Å². The summed E-state index contributed by atoms with van der Waals surface area (Å²) in [7, 11) is 0. The molecule has 6 nitrogen and oxygen atoms in total. The Bertz CT molecular complexity index is 581. The van der Waals surface area contributed by atoms with Crippen LogP contribution in [0.1, 0.15) is 56.3 Å². The summed E-state index contributed by atoms with van der Waals surface area (Å²) in [6, 6.07) is 7.13.